The number of fused-ring (bicyclic) bond motifs is 2. The summed E-state index contributed by atoms with van der Waals surface area (Å²) in [5, 5.41) is 1.95. The zero-order valence-electron chi connectivity index (χ0n) is 24.8. The number of benzene rings is 6. The Bertz CT molecular complexity index is 2180. The van der Waals surface area contributed by atoms with Crippen LogP contribution in [0.4, 0.5) is 11.4 Å². The van der Waals surface area contributed by atoms with E-state index < -0.39 is 0 Å². The van der Waals surface area contributed by atoms with Crippen molar-refractivity contribution < 1.29 is 0 Å². The van der Waals surface area contributed by atoms with Gasteiger partial charge >= 0.3 is 0 Å². The number of hydrogen-bond acceptors (Lipinski definition) is 6. The minimum atomic E-state index is 0.659. The highest BCUT2D eigenvalue weighted by Crippen LogP contribution is 2.36. The lowest BCUT2D eigenvalue weighted by Crippen LogP contribution is -1.97. The molecule has 0 aliphatic rings. The number of nitrogens with two attached hydrogens (primary N) is 2. The molecule has 0 radical (unpaired) electrons. The van der Waals surface area contributed by atoms with Crippen molar-refractivity contribution in [2.45, 2.75) is 0 Å². The van der Waals surface area contributed by atoms with Crippen LogP contribution in [0.25, 0.3) is 78.2 Å². The molecule has 0 aliphatic carbocycles. The SMILES string of the molecule is Nc1ccc(-c2nc(-c3ccccc3)c3cc(-c4ccc5nc(-c6ccc(N)cc6)nc(-c6ccccc6)c5c4)ccc3n2)cc1. The van der Waals surface area contributed by atoms with Gasteiger partial charge in [-0.3, -0.25) is 0 Å². The van der Waals surface area contributed by atoms with E-state index in [0.29, 0.717) is 23.0 Å². The van der Waals surface area contributed by atoms with Gasteiger partial charge in [-0.25, -0.2) is 19.9 Å². The minimum absolute atomic E-state index is 0.659. The Kier molecular flexibility index (Phi) is 6.65. The van der Waals surface area contributed by atoms with Crippen molar-refractivity contribution >= 4 is 33.2 Å². The molecule has 0 fully saturated rings. The maximum Gasteiger partial charge on any atom is 0.160 e. The lowest BCUT2D eigenvalue weighted by atomic mass is 9.97. The van der Waals surface area contributed by atoms with E-state index in [1.54, 1.807) is 0 Å². The molecule has 218 valence electrons. The maximum absolute atomic E-state index is 5.95. The van der Waals surface area contributed by atoms with Crippen molar-refractivity contribution in [2.24, 2.45) is 0 Å². The van der Waals surface area contributed by atoms with Gasteiger partial charge in [0.15, 0.2) is 11.6 Å². The van der Waals surface area contributed by atoms with E-state index in [-0.39, 0.29) is 0 Å². The third-order valence-electron chi connectivity index (χ3n) is 8.16. The van der Waals surface area contributed by atoms with Crippen molar-refractivity contribution in [3.05, 3.63) is 146 Å². The predicted molar refractivity (Wildman–Crippen MR) is 189 cm³/mol. The standard InChI is InChI=1S/C40H28N6/c41-31-17-11-27(12-18-31)39-43-35-21-15-29(23-33(35)37(45-39)25-7-3-1-4-8-25)30-16-22-36-34(24-30)38(26-9-5-2-6-10-26)46-40(44-36)28-13-19-32(42)20-14-28/h1-24H,41-42H2. The molecule has 8 aromatic rings. The van der Waals surface area contributed by atoms with Crippen molar-refractivity contribution in [1.29, 1.82) is 0 Å². The Morgan fingerprint density at radius 2 is 0.696 bits per heavy atom. The highest BCUT2D eigenvalue weighted by molar-refractivity contribution is 5.99. The van der Waals surface area contributed by atoms with Crippen LogP contribution in [-0.2, 0) is 0 Å². The topological polar surface area (TPSA) is 104 Å². The number of anilines is 2. The summed E-state index contributed by atoms with van der Waals surface area (Å²) in [5.74, 6) is 1.32. The number of rotatable bonds is 5. The smallest absolute Gasteiger partial charge is 0.160 e. The van der Waals surface area contributed by atoms with E-state index in [4.69, 9.17) is 31.4 Å². The van der Waals surface area contributed by atoms with Crippen LogP contribution in [-0.4, -0.2) is 19.9 Å². The predicted octanol–water partition coefficient (Wildman–Crippen LogP) is 9.07. The summed E-state index contributed by atoms with van der Waals surface area (Å²) < 4.78 is 0. The zero-order chi connectivity index (χ0) is 31.0. The largest absolute Gasteiger partial charge is 0.399 e. The molecule has 0 amide bonds. The van der Waals surface area contributed by atoms with Crippen LogP contribution in [0.2, 0.25) is 0 Å². The molecule has 8 rings (SSSR count). The first kappa shape index (κ1) is 27.2. The monoisotopic (exact) mass is 592 g/mol. The first-order chi connectivity index (χ1) is 22.6. The molecule has 6 aromatic carbocycles. The van der Waals surface area contributed by atoms with Gasteiger partial charge in [0.2, 0.25) is 0 Å². The third-order valence-corrected chi connectivity index (χ3v) is 8.16. The molecule has 6 heteroatoms. The Hall–Kier alpha value is -6.40. The molecular formula is C40H28N6. The second kappa shape index (κ2) is 11.3. The normalized spacial score (nSPS) is 11.2. The molecule has 4 N–H and O–H groups in total. The molecule has 46 heavy (non-hydrogen) atoms. The molecule has 0 bridgehead atoms. The average molecular weight is 593 g/mol. The van der Waals surface area contributed by atoms with Gasteiger partial charge in [0, 0.05) is 44.4 Å². The van der Waals surface area contributed by atoms with E-state index in [1.165, 1.54) is 0 Å². The fourth-order valence-corrected chi connectivity index (χ4v) is 5.77. The number of hydrogen-bond donors (Lipinski definition) is 2. The van der Waals surface area contributed by atoms with Crippen LogP contribution in [0.3, 0.4) is 0 Å². The number of nitrogens with zero attached hydrogens (tertiary/aromatic N) is 4. The molecule has 6 nitrogen and oxygen atoms in total. The summed E-state index contributed by atoms with van der Waals surface area (Å²) in [7, 11) is 0. The van der Waals surface area contributed by atoms with E-state index in [2.05, 4.69) is 60.7 Å². The Balaban J connectivity index is 1.30. The second-order valence-corrected chi connectivity index (χ2v) is 11.2. The number of nitrogen functional groups attached to an aromatic ring is 2. The van der Waals surface area contributed by atoms with Gasteiger partial charge in [0.1, 0.15) is 0 Å². The molecular weight excluding hydrogens is 564 g/mol. The van der Waals surface area contributed by atoms with Crippen LogP contribution in [0, 0.1) is 0 Å². The Labute approximate surface area is 266 Å². The summed E-state index contributed by atoms with van der Waals surface area (Å²) in [6, 6.07) is 48.5. The second-order valence-electron chi connectivity index (χ2n) is 11.2. The molecule has 0 aliphatic heterocycles. The first-order valence-electron chi connectivity index (χ1n) is 15.1. The van der Waals surface area contributed by atoms with E-state index >= 15 is 0 Å². The van der Waals surface area contributed by atoms with Gasteiger partial charge < -0.3 is 11.5 Å². The van der Waals surface area contributed by atoms with Gasteiger partial charge in [-0.1, -0.05) is 72.8 Å². The van der Waals surface area contributed by atoms with E-state index in [0.717, 1.165) is 66.6 Å². The summed E-state index contributed by atoms with van der Waals surface area (Å²) in [6.07, 6.45) is 0. The lowest BCUT2D eigenvalue weighted by molar-refractivity contribution is 1.23. The lowest BCUT2D eigenvalue weighted by Gasteiger charge is -2.13. The Morgan fingerprint density at radius 1 is 0.326 bits per heavy atom. The molecule has 0 saturated heterocycles. The van der Waals surface area contributed by atoms with Gasteiger partial charge in [-0.15, -0.1) is 0 Å². The van der Waals surface area contributed by atoms with Crippen LogP contribution in [0.1, 0.15) is 0 Å². The van der Waals surface area contributed by atoms with Crippen LogP contribution in [0.5, 0.6) is 0 Å². The van der Waals surface area contributed by atoms with Crippen molar-refractivity contribution in [3.63, 3.8) is 0 Å². The van der Waals surface area contributed by atoms with E-state index in [9.17, 15) is 0 Å². The van der Waals surface area contributed by atoms with Gasteiger partial charge in [0.05, 0.1) is 22.4 Å². The van der Waals surface area contributed by atoms with Crippen LogP contribution < -0.4 is 11.5 Å². The van der Waals surface area contributed by atoms with Crippen LogP contribution >= 0.6 is 0 Å². The molecule has 2 aromatic heterocycles. The van der Waals surface area contributed by atoms with E-state index in [1.807, 2.05) is 84.9 Å². The fourth-order valence-electron chi connectivity index (χ4n) is 5.77. The summed E-state index contributed by atoms with van der Waals surface area (Å²) in [4.78, 5) is 20.1. The van der Waals surface area contributed by atoms with Crippen molar-refractivity contribution in [3.8, 4) is 56.4 Å². The fraction of sp³-hybridized carbons (Fsp3) is 0. The quantitative estimate of drug-likeness (QED) is 0.193. The summed E-state index contributed by atoms with van der Waals surface area (Å²) >= 11 is 0. The zero-order valence-corrected chi connectivity index (χ0v) is 24.8. The average Bonchev–Trinajstić information content (AvgIpc) is 3.11. The van der Waals surface area contributed by atoms with Gasteiger partial charge in [0.25, 0.3) is 0 Å². The molecule has 0 unspecified atom stereocenters. The van der Waals surface area contributed by atoms with Gasteiger partial charge in [-0.05, 0) is 83.9 Å². The van der Waals surface area contributed by atoms with Crippen molar-refractivity contribution in [2.75, 3.05) is 11.5 Å². The summed E-state index contributed by atoms with van der Waals surface area (Å²) in [6.45, 7) is 0. The molecule has 2 heterocycles. The molecule has 0 atom stereocenters. The van der Waals surface area contributed by atoms with Gasteiger partial charge in [-0.2, -0.15) is 0 Å². The third kappa shape index (κ3) is 5.08. The minimum Gasteiger partial charge on any atom is -0.399 e. The van der Waals surface area contributed by atoms with Crippen LogP contribution in [0.15, 0.2) is 146 Å². The maximum atomic E-state index is 5.95. The first-order valence-corrected chi connectivity index (χ1v) is 15.1. The highest BCUT2D eigenvalue weighted by atomic mass is 14.9. The van der Waals surface area contributed by atoms with Crippen molar-refractivity contribution in [1.82, 2.24) is 19.9 Å². The Morgan fingerprint density at radius 3 is 1.09 bits per heavy atom. The molecule has 0 spiro atoms. The summed E-state index contributed by atoms with van der Waals surface area (Å²) in [5.41, 5.74) is 22.8. The molecule has 0 saturated carbocycles. The number of aromatic nitrogens is 4. The highest BCUT2D eigenvalue weighted by Gasteiger charge is 2.16.